The Hall–Kier alpha value is -2.72. The summed E-state index contributed by atoms with van der Waals surface area (Å²) in [5, 5.41) is 0. The average Bonchev–Trinajstić information content (AvgIpc) is 3.08. The van der Waals surface area contributed by atoms with E-state index in [2.05, 4.69) is 21.8 Å². The first-order chi connectivity index (χ1) is 12.0. The summed E-state index contributed by atoms with van der Waals surface area (Å²) in [7, 11) is 0. The van der Waals surface area contributed by atoms with Crippen molar-refractivity contribution in [2.24, 2.45) is 0 Å². The van der Waals surface area contributed by atoms with Gasteiger partial charge in [0.1, 0.15) is 5.69 Å². The Morgan fingerprint density at radius 1 is 1.28 bits per heavy atom. The number of H-pyrrole nitrogens is 1. The van der Waals surface area contributed by atoms with Crippen molar-refractivity contribution in [2.45, 2.75) is 26.1 Å². The van der Waals surface area contributed by atoms with E-state index in [0.29, 0.717) is 25.1 Å². The average molecular weight is 345 g/mol. The molecule has 2 atom stereocenters. The van der Waals surface area contributed by atoms with Crippen LogP contribution >= 0.6 is 0 Å². The van der Waals surface area contributed by atoms with E-state index in [1.807, 2.05) is 13.8 Å². The van der Waals surface area contributed by atoms with Gasteiger partial charge in [0.25, 0.3) is 0 Å². The van der Waals surface area contributed by atoms with E-state index in [1.165, 1.54) is 18.6 Å². The fourth-order valence-corrected chi connectivity index (χ4v) is 2.96. The topological polar surface area (TPSA) is 58.2 Å². The Kier molecular flexibility index (Phi) is 4.81. The Balaban J connectivity index is 2.03. The molecule has 0 bridgehead atoms. The van der Waals surface area contributed by atoms with Crippen LogP contribution in [0.4, 0.5) is 14.5 Å². The van der Waals surface area contributed by atoms with E-state index in [4.69, 9.17) is 4.74 Å². The number of hydrogen-bond donors (Lipinski definition) is 1. The molecule has 0 spiro atoms. The monoisotopic (exact) mass is 345 g/mol. The van der Waals surface area contributed by atoms with Crippen LogP contribution in [-0.2, 0) is 4.74 Å². The first-order valence-corrected chi connectivity index (χ1v) is 7.88. The van der Waals surface area contributed by atoms with Crippen molar-refractivity contribution in [1.29, 1.82) is 0 Å². The van der Waals surface area contributed by atoms with Gasteiger partial charge in [-0.2, -0.15) is 0 Å². The van der Waals surface area contributed by atoms with E-state index in [9.17, 15) is 13.6 Å². The zero-order chi connectivity index (χ0) is 18.0. The van der Waals surface area contributed by atoms with Crippen LogP contribution in [0.5, 0.6) is 0 Å². The fraction of sp³-hybridized carbons (Fsp3) is 0.333. The number of aromatic amines is 1. The highest BCUT2D eigenvalue weighted by atomic mass is 19.2. The third-order valence-electron chi connectivity index (χ3n) is 3.90. The van der Waals surface area contributed by atoms with Gasteiger partial charge in [0.05, 0.1) is 29.8 Å². The summed E-state index contributed by atoms with van der Waals surface area (Å²) in [6, 6.07) is 1.27. The Morgan fingerprint density at radius 3 is 2.60 bits per heavy atom. The Bertz CT molecular complexity index is 830. The van der Waals surface area contributed by atoms with Gasteiger partial charge >= 0.3 is 0 Å². The predicted molar refractivity (Wildman–Crippen MR) is 88.5 cm³/mol. The summed E-state index contributed by atoms with van der Waals surface area (Å²) in [6.45, 7) is 4.45. The highest BCUT2D eigenvalue weighted by Crippen LogP contribution is 2.30. The number of aldehydes is 1. The van der Waals surface area contributed by atoms with Crippen molar-refractivity contribution in [3.05, 3.63) is 47.0 Å². The molecular formula is C18H17F2N3O2. The molecule has 1 saturated heterocycles. The van der Waals surface area contributed by atoms with E-state index < -0.39 is 11.6 Å². The number of benzene rings is 1. The number of aromatic nitrogens is 2. The van der Waals surface area contributed by atoms with Crippen LogP contribution in [0.15, 0.2) is 18.6 Å². The number of imidazole rings is 1. The highest BCUT2D eigenvalue weighted by Gasteiger charge is 2.28. The second-order valence-electron chi connectivity index (χ2n) is 5.97. The fourth-order valence-electron chi connectivity index (χ4n) is 2.96. The maximum atomic E-state index is 14.7. The van der Waals surface area contributed by atoms with E-state index in [1.54, 1.807) is 4.90 Å². The number of rotatable bonds is 2. The summed E-state index contributed by atoms with van der Waals surface area (Å²) < 4.78 is 34.8. The lowest BCUT2D eigenvalue weighted by Gasteiger charge is -2.37. The van der Waals surface area contributed by atoms with Gasteiger partial charge in [-0.25, -0.2) is 13.8 Å². The van der Waals surface area contributed by atoms with Crippen molar-refractivity contribution in [3.63, 3.8) is 0 Å². The standard InChI is InChI=1S/C18H17F2N3O2/c1-11-7-23(8-12(2)25-11)18-14(9-24)5-13(16(19)17(18)20)3-4-15-6-21-10-22-15/h5-6,9-12H,7-8H2,1-2H3,(H,21,22)/t11-,12+. The molecule has 0 amide bonds. The lowest BCUT2D eigenvalue weighted by molar-refractivity contribution is -0.00547. The lowest BCUT2D eigenvalue weighted by Crippen LogP contribution is -2.46. The zero-order valence-electron chi connectivity index (χ0n) is 13.8. The largest absolute Gasteiger partial charge is 0.372 e. The summed E-state index contributed by atoms with van der Waals surface area (Å²) in [4.78, 5) is 19.7. The molecule has 1 fully saturated rings. The third-order valence-corrected chi connectivity index (χ3v) is 3.90. The van der Waals surface area contributed by atoms with Gasteiger partial charge in [-0.1, -0.05) is 5.92 Å². The second-order valence-corrected chi connectivity index (χ2v) is 5.97. The number of nitrogens with zero attached hydrogens (tertiary/aromatic N) is 2. The molecule has 25 heavy (non-hydrogen) atoms. The number of nitrogens with one attached hydrogen (secondary N) is 1. The molecule has 0 radical (unpaired) electrons. The molecule has 0 saturated carbocycles. The van der Waals surface area contributed by atoms with Crippen molar-refractivity contribution in [3.8, 4) is 11.8 Å². The van der Waals surface area contributed by atoms with E-state index in [0.717, 1.165) is 0 Å². The first-order valence-electron chi connectivity index (χ1n) is 7.88. The maximum Gasteiger partial charge on any atom is 0.184 e. The number of carbonyl (C=O) groups is 1. The number of carbonyl (C=O) groups excluding carboxylic acids is 1. The van der Waals surface area contributed by atoms with Crippen LogP contribution in [0, 0.1) is 23.5 Å². The molecule has 1 aromatic heterocycles. The van der Waals surface area contributed by atoms with Crippen LogP contribution in [0.25, 0.3) is 0 Å². The molecule has 1 N–H and O–H groups in total. The number of hydrogen-bond acceptors (Lipinski definition) is 4. The summed E-state index contributed by atoms with van der Waals surface area (Å²) in [5.74, 6) is 3.01. The lowest BCUT2D eigenvalue weighted by atomic mass is 10.0. The second kappa shape index (κ2) is 7.03. The molecular weight excluding hydrogens is 328 g/mol. The molecule has 0 unspecified atom stereocenters. The van der Waals surface area contributed by atoms with Gasteiger partial charge in [-0.3, -0.25) is 4.79 Å². The first kappa shape index (κ1) is 17.1. The van der Waals surface area contributed by atoms with Gasteiger partial charge < -0.3 is 14.6 Å². The molecule has 0 aliphatic carbocycles. The minimum atomic E-state index is -1.07. The summed E-state index contributed by atoms with van der Waals surface area (Å²) in [6.07, 6.45) is 3.19. The quantitative estimate of drug-likeness (QED) is 0.671. The molecule has 5 nitrogen and oxygen atoms in total. The predicted octanol–water partition coefficient (Wildman–Crippen LogP) is 2.51. The van der Waals surface area contributed by atoms with Crippen LogP contribution in [0.3, 0.4) is 0 Å². The van der Waals surface area contributed by atoms with Crippen LogP contribution in [0.1, 0.15) is 35.5 Å². The molecule has 3 rings (SSSR count). The smallest absolute Gasteiger partial charge is 0.184 e. The molecule has 1 aromatic carbocycles. The number of anilines is 1. The normalized spacial score (nSPS) is 20.1. The van der Waals surface area contributed by atoms with E-state index in [-0.39, 0.29) is 29.0 Å². The minimum Gasteiger partial charge on any atom is -0.372 e. The van der Waals surface area contributed by atoms with Crippen LogP contribution in [-0.4, -0.2) is 41.6 Å². The van der Waals surface area contributed by atoms with Gasteiger partial charge in [0, 0.05) is 24.8 Å². The molecule has 2 heterocycles. The molecule has 2 aromatic rings. The minimum absolute atomic E-state index is 0.0418. The number of ether oxygens (including phenoxy) is 1. The third kappa shape index (κ3) is 3.54. The summed E-state index contributed by atoms with van der Waals surface area (Å²) >= 11 is 0. The molecule has 1 aliphatic heterocycles. The van der Waals surface area contributed by atoms with Crippen molar-refractivity contribution >= 4 is 12.0 Å². The van der Waals surface area contributed by atoms with Crippen molar-refractivity contribution in [2.75, 3.05) is 18.0 Å². The molecule has 1 aliphatic rings. The van der Waals surface area contributed by atoms with Crippen molar-refractivity contribution < 1.29 is 18.3 Å². The molecule has 7 heteroatoms. The van der Waals surface area contributed by atoms with E-state index >= 15 is 0 Å². The molecule has 130 valence electrons. The van der Waals surface area contributed by atoms with Crippen molar-refractivity contribution in [1.82, 2.24) is 9.97 Å². The number of halogens is 2. The van der Waals surface area contributed by atoms with Gasteiger partial charge in [0.2, 0.25) is 0 Å². The van der Waals surface area contributed by atoms with Gasteiger partial charge in [-0.05, 0) is 25.8 Å². The Labute approximate surface area is 144 Å². The van der Waals surface area contributed by atoms with Gasteiger partial charge in [-0.15, -0.1) is 0 Å². The maximum absolute atomic E-state index is 14.7. The number of morpholine rings is 1. The van der Waals surface area contributed by atoms with Crippen LogP contribution in [0.2, 0.25) is 0 Å². The summed E-state index contributed by atoms with van der Waals surface area (Å²) in [5.41, 5.74) is 0.236. The SMILES string of the molecule is C[C@@H]1CN(c2c(C=O)cc(C#Cc3c[nH]cn3)c(F)c2F)C[C@H](C)O1. The van der Waals surface area contributed by atoms with Crippen LogP contribution < -0.4 is 4.90 Å². The Morgan fingerprint density at radius 2 is 2.00 bits per heavy atom. The van der Waals surface area contributed by atoms with Gasteiger partial charge in [0.15, 0.2) is 17.9 Å². The highest BCUT2D eigenvalue weighted by molar-refractivity contribution is 5.86. The zero-order valence-corrected chi connectivity index (χ0v) is 13.8.